The summed E-state index contributed by atoms with van der Waals surface area (Å²) in [6, 6.07) is 17.5. The van der Waals surface area contributed by atoms with Crippen LogP contribution in [-0.4, -0.2) is 42.4 Å². The first-order chi connectivity index (χ1) is 13.8. The Bertz CT molecular complexity index is 817. The van der Waals surface area contributed by atoms with Crippen LogP contribution in [0.5, 0.6) is 0 Å². The van der Waals surface area contributed by atoms with Gasteiger partial charge in [0.25, 0.3) is 5.91 Å². The average molecular weight is 394 g/mol. The molecule has 2 N–H and O–H groups in total. The monoisotopic (exact) mass is 393 g/mol. The van der Waals surface area contributed by atoms with Crippen molar-refractivity contribution in [1.82, 2.24) is 10.2 Å². The molecule has 1 saturated heterocycles. The van der Waals surface area contributed by atoms with Crippen LogP contribution < -0.4 is 10.6 Å². The molecule has 0 unspecified atom stereocenters. The van der Waals surface area contributed by atoms with Crippen LogP contribution in [0.25, 0.3) is 0 Å². The van der Waals surface area contributed by atoms with E-state index in [1.165, 1.54) is 5.56 Å². The molecular formula is C24H31N3O2. The highest BCUT2D eigenvalue weighted by Crippen LogP contribution is 2.23. The Labute approximate surface area is 173 Å². The maximum absolute atomic E-state index is 12.4. The Hall–Kier alpha value is -2.66. The van der Waals surface area contributed by atoms with Crippen molar-refractivity contribution in [3.63, 3.8) is 0 Å². The lowest BCUT2D eigenvalue weighted by Gasteiger charge is -2.31. The van der Waals surface area contributed by atoms with Gasteiger partial charge in [-0.2, -0.15) is 0 Å². The van der Waals surface area contributed by atoms with Gasteiger partial charge >= 0.3 is 0 Å². The van der Waals surface area contributed by atoms with Gasteiger partial charge in [-0.25, -0.2) is 0 Å². The maximum atomic E-state index is 12.4. The first-order valence-electron chi connectivity index (χ1n) is 10.3. The molecule has 2 aromatic carbocycles. The lowest BCUT2D eigenvalue weighted by molar-refractivity contribution is -0.117. The molecule has 0 radical (unpaired) electrons. The second-order valence-corrected chi connectivity index (χ2v) is 8.77. The fraction of sp³-hybridized carbons (Fsp3) is 0.417. The molecule has 2 amide bonds. The van der Waals surface area contributed by atoms with Crippen molar-refractivity contribution in [2.75, 3.05) is 25.0 Å². The van der Waals surface area contributed by atoms with E-state index >= 15 is 0 Å². The van der Waals surface area contributed by atoms with Crippen LogP contribution in [0.15, 0.2) is 54.6 Å². The first-order valence-corrected chi connectivity index (χ1v) is 10.3. The molecular weight excluding hydrogens is 362 g/mol. The fourth-order valence-electron chi connectivity index (χ4n) is 3.55. The topological polar surface area (TPSA) is 61.4 Å². The second-order valence-electron chi connectivity index (χ2n) is 8.77. The Balaban J connectivity index is 1.42. The van der Waals surface area contributed by atoms with E-state index in [1.807, 2.05) is 42.5 Å². The van der Waals surface area contributed by atoms with E-state index in [-0.39, 0.29) is 23.3 Å². The first kappa shape index (κ1) is 21.1. The molecule has 5 nitrogen and oxygen atoms in total. The molecule has 0 bridgehead atoms. The number of amides is 2. The lowest BCUT2D eigenvalue weighted by atomic mass is 9.87. The number of rotatable bonds is 5. The van der Waals surface area contributed by atoms with Crippen LogP contribution in [0.2, 0.25) is 0 Å². The summed E-state index contributed by atoms with van der Waals surface area (Å²) in [5, 5.41) is 6.08. The average Bonchev–Trinajstić information content (AvgIpc) is 2.70. The summed E-state index contributed by atoms with van der Waals surface area (Å²) >= 11 is 0. The smallest absolute Gasteiger partial charge is 0.251 e. The van der Waals surface area contributed by atoms with Crippen molar-refractivity contribution in [3.05, 3.63) is 65.7 Å². The third kappa shape index (κ3) is 6.16. The number of hydrogen-bond acceptors (Lipinski definition) is 3. The molecule has 1 aliphatic heterocycles. The molecule has 1 heterocycles. The molecule has 0 saturated carbocycles. The Morgan fingerprint density at radius 3 is 2.17 bits per heavy atom. The van der Waals surface area contributed by atoms with E-state index in [9.17, 15) is 9.59 Å². The van der Waals surface area contributed by atoms with Gasteiger partial charge in [0, 0.05) is 30.4 Å². The number of nitrogens with one attached hydrogen (secondary N) is 2. The van der Waals surface area contributed by atoms with Gasteiger partial charge in [0.15, 0.2) is 0 Å². The highest BCUT2D eigenvalue weighted by atomic mass is 16.2. The van der Waals surface area contributed by atoms with E-state index in [2.05, 4.69) is 48.4 Å². The third-order valence-corrected chi connectivity index (χ3v) is 5.36. The van der Waals surface area contributed by atoms with Crippen molar-refractivity contribution in [2.24, 2.45) is 0 Å². The number of likely N-dealkylation sites (tertiary alicyclic amines) is 1. The summed E-state index contributed by atoms with van der Waals surface area (Å²) in [5.41, 5.74) is 2.86. The van der Waals surface area contributed by atoms with Gasteiger partial charge in [0.1, 0.15) is 0 Å². The largest absolute Gasteiger partial charge is 0.349 e. The molecule has 3 rings (SSSR count). The van der Waals surface area contributed by atoms with Gasteiger partial charge in [-0.3, -0.25) is 14.5 Å². The summed E-state index contributed by atoms with van der Waals surface area (Å²) in [6.45, 7) is 8.50. The molecule has 2 aromatic rings. The zero-order valence-electron chi connectivity index (χ0n) is 17.6. The molecule has 0 atom stereocenters. The van der Waals surface area contributed by atoms with Crippen LogP contribution in [0, 0.1) is 0 Å². The zero-order chi connectivity index (χ0) is 20.9. The van der Waals surface area contributed by atoms with Gasteiger partial charge in [-0.1, -0.05) is 51.1 Å². The molecule has 1 aliphatic rings. The predicted molar refractivity (Wildman–Crippen MR) is 117 cm³/mol. The lowest BCUT2D eigenvalue weighted by Crippen LogP contribution is -2.46. The number of anilines is 1. The highest BCUT2D eigenvalue weighted by Gasteiger charge is 2.22. The van der Waals surface area contributed by atoms with Crippen LogP contribution >= 0.6 is 0 Å². The Kier molecular flexibility index (Phi) is 6.70. The molecule has 5 heteroatoms. The van der Waals surface area contributed by atoms with Crippen LogP contribution in [0.4, 0.5) is 5.69 Å². The van der Waals surface area contributed by atoms with Gasteiger partial charge < -0.3 is 10.6 Å². The number of piperidine rings is 1. The number of nitrogens with zero attached hydrogens (tertiary/aromatic N) is 1. The molecule has 29 heavy (non-hydrogen) atoms. The van der Waals surface area contributed by atoms with E-state index in [1.54, 1.807) is 0 Å². The van der Waals surface area contributed by atoms with E-state index in [0.29, 0.717) is 12.1 Å². The van der Waals surface area contributed by atoms with E-state index in [0.717, 1.165) is 31.6 Å². The third-order valence-electron chi connectivity index (χ3n) is 5.36. The Morgan fingerprint density at radius 2 is 1.59 bits per heavy atom. The predicted octanol–water partition coefficient (Wildman–Crippen LogP) is 3.82. The number of carbonyl (C=O) groups is 2. The zero-order valence-corrected chi connectivity index (χ0v) is 17.6. The molecule has 154 valence electrons. The number of hydrogen-bond donors (Lipinski definition) is 2. The van der Waals surface area contributed by atoms with Gasteiger partial charge in [-0.15, -0.1) is 0 Å². The maximum Gasteiger partial charge on any atom is 0.251 e. The summed E-state index contributed by atoms with van der Waals surface area (Å²) in [7, 11) is 0. The van der Waals surface area contributed by atoms with Gasteiger partial charge in [0.2, 0.25) is 5.91 Å². The van der Waals surface area contributed by atoms with Gasteiger partial charge in [0.05, 0.1) is 6.54 Å². The van der Waals surface area contributed by atoms with Crippen LogP contribution in [-0.2, 0) is 10.2 Å². The Morgan fingerprint density at radius 1 is 0.966 bits per heavy atom. The summed E-state index contributed by atoms with van der Waals surface area (Å²) in [6.07, 6.45) is 1.71. The quantitative estimate of drug-likeness (QED) is 0.812. The standard InChI is InChI=1S/C24H31N3O2/c1-24(2,3)19-9-11-20(12-10-19)25-22(28)17-27-15-13-21(14-16-27)26-23(29)18-7-5-4-6-8-18/h4-12,21H,13-17H2,1-3H3,(H,25,28)(H,26,29). The molecule has 1 fully saturated rings. The van der Waals surface area contributed by atoms with Crippen molar-refractivity contribution < 1.29 is 9.59 Å². The van der Waals surface area contributed by atoms with E-state index < -0.39 is 0 Å². The molecule has 0 spiro atoms. The SMILES string of the molecule is CC(C)(C)c1ccc(NC(=O)CN2CCC(NC(=O)c3ccccc3)CC2)cc1. The van der Waals surface area contributed by atoms with Crippen molar-refractivity contribution in [1.29, 1.82) is 0 Å². The minimum absolute atomic E-state index is 0.000259. The van der Waals surface area contributed by atoms with Gasteiger partial charge in [-0.05, 0) is 48.1 Å². The molecule has 0 aliphatic carbocycles. The van der Waals surface area contributed by atoms with Crippen LogP contribution in [0.1, 0.15) is 49.5 Å². The minimum Gasteiger partial charge on any atom is -0.349 e. The van der Waals surface area contributed by atoms with Crippen LogP contribution in [0.3, 0.4) is 0 Å². The normalized spacial score (nSPS) is 15.7. The van der Waals surface area contributed by atoms with Crippen molar-refractivity contribution in [2.45, 2.75) is 45.1 Å². The number of benzene rings is 2. The fourth-order valence-corrected chi connectivity index (χ4v) is 3.55. The number of carbonyl (C=O) groups excluding carboxylic acids is 2. The molecule has 0 aromatic heterocycles. The highest BCUT2D eigenvalue weighted by molar-refractivity contribution is 5.94. The van der Waals surface area contributed by atoms with Crippen molar-refractivity contribution >= 4 is 17.5 Å². The summed E-state index contributed by atoms with van der Waals surface area (Å²) in [4.78, 5) is 26.8. The van der Waals surface area contributed by atoms with Crippen molar-refractivity contribution in [3.8, 4) is 0 Å². The summed E-state index contributed by atoms with van der Waals surface area (Å²) in [5.74, 6) is -0.0271. The minimum atomic E-state index is -0.0273. The summed E-state index contributed by atoms with van der Waals surface area (Å²) < 4.78 is 0. The second kappa shape index (κ2) is 9.23. The van der Waals surface area contributed by atoms with E-state index in [4.69, 9.17) is 0 Å².